The zero-order valence-corrected chi connectivity index (χ0v) is 10.6. The molecule has 0 aromatic rings. The largest absolute Gasteiger partial charge is 0.390 e. The number of aliphatic hydroxyl groups is 1. The predicted octanol–water partition coefficient (Wildman–Crippen LogP) is 4.00. The van der Waals surface area contributed by atoms with E-state index in [0.717, 1.165) is 25.2 Å². The standard InChI is InChI=1S/C13H28O/c1-6-8-13(5,14)10-12(4)9-11(3)7-2/h11-12,14H,6-10H2,1-5H3. The van der Waals surface area contributed by atoms with E-state index in [9.17, 15) is 5.11 Å². The van der Waals surface area contributed by atoms with Gasteiger partial charge in [0.2, 0.25) is 0 Å². The van der Waals surface area contributed by atoms with Crippen molar-refractivity contribution in [3.05, 3.63) is 0 Å². The molecule has 0 aromatic carbocycles. The van der Waals surface area contributed by atoms with E-state index >= 15 is 0 Å². The van der Waals surface area contributed by atoms with Crippen LogP contribution in [-0.2, 0) is 0 Å². The van der Waals surface area contributed by atoms with Gasteiger partial charge in [-0.05, 0) is 38.0 Å². The summed E-state index contributed by atoms with van der Waals surface area (Å²) >= 11 is 0. The zero-order chi connectivity index (χ0) is 11.2. The predicted molar refractivity (Wildman–Crippen MR) is 63.4 cm³/mol. The fraction of sp³-hybridized carbons (Fsp3) is 1.00. The van der Waals surface area contributed by atoms with Crippen molar-refractivity contribution in [3.63, 3.8) is 0 Å². The average molecular weight is 200 g/mol. The Morgan fingerprint density at radius 3 is 2.14 bits per heavy atom. The van der Waals surface area contributed by atoms with E-state index in [2.05, 4.69) is 27.7 Å². The minimum absolute atomic E-state index is 0.443. The SMILES string of the molecule is CCCC(C)(O)CC(C)CC(C)CC. The van der Waals surface area contributed by atoms with Crippen molar-refractivity contribution < 1.29 is 5.11 Å². The second-order valence-electron chi connectivity index (χ2n) is 5.31. The lowest BCUT2D eigenvalue weighted by molar-refractivity contribution is 0.0240. The first-order valence-corrected chi connectivity index (χ1v) is 6.13. The molecular weight excluding hydrogens is 172 g/mol. The highest BCUT2D eigenvalue weighted by molar-refractivity contribution is 4.75. The second kappa shape index (κ2) is 6.44. The molecule has 0 aliphatic heterocycles. The van der Waals surface area contributed by atoms with Crippen LogP contribution in [0.15, 0.2) is 0 Å². The molecule has 0 fully saturated rings. The first-order valence-electron chi connectivity index (χ1n) is 6.13. The van der Waals surface area contributed by atoms with Gasteiger partial charge in [0, 0.05) is 0 Å². The van der Waals surface area contributed by atoms with Crippen molar-refractivity contribution in [2.24, 2.45) is 11.8 Å². The van der Waals surface area contributed by atoms with E-state index < -0.39 is 5.60 Å². The van der Waals surface area contributed by atoms with Crippen LogP contribution in [0.4, 0.5) is 0 Å². The second-order valence-corrected chi connectivity index (χ2v) is 5.31. The van der Waals surface area contributed by atoms with Crippen LogP contribution < -0.4 is 0 Å². The van der Waals surface area contributed by atoms with Gasteiger partial charge in [0.1, 0.15) is 0 Å². The topological polar surface area (TPSA) is 20.2 Å². The Balaban J connectivity index is 3.85. The van der Waals surface area contributed by atoms with Gasteiger partial charge < -0.3 is 5.11 Å². The van der Waals surface area contributed by atoms with Gasteiger partial charge in [-0.3, -0.25) is 0 Å². The van der Waals surface area contributed by atoms with Crippen LogP contribution in [0.5, 0.6) is 0 Å². The van der Waals surface area contributed by atoms with Gasteiger partial charge in [0.05, 0.1) is 5.60 Å². The van der Waals surface area contributed by atoms with E-state index in [1.54, 1.807) is 0 Å². The van der Waals surface area contributed by atoms with Gasteiger partial charge in [-0.1, -0.05) is 40.5 Å². The van der Waals surface area contributed by atoms with E-state index in [1.165, 1.54) is 12.8 Å². The van der Waals surface area contributed by atoms with E-state index in [4.69, 9.17) is 0 Å². The fourth-order valence-corrected chi connectivity index (χ4v) is 2.33. The Labute approximate surface area is 89.9 Å². The molecule has 0 radical (unpaired) electrons. The molecule has 0 bridgehead atoms. The van der Waals surface area contributed by atoms with Gasteiger partial charge in [-0.15, -0.1) is 0 Å². The maximum absolute atomic E-state index is 10.1. The van der Waals surface area contributed by atoms with Crippen LogP contribution in [0.1, 0.15) is 66.7 Å². The summed E-state index contributed by atoms with van der Waals surface area (Å²) in [5.41, 5.74) is -0.443. The number of rotatable bonds is 7. The van der Waals surface area contributed by atoms with E-state index in [1.807, 2.05) is 6.92 Å². The van der Waals surface area contributed by atoms with Gasteiger partial charge in [0.15, 0.2) is 0 Å². The summed E-state index contributed by atoms with van der Waals surface area (Å²) in [6.45, 7) is 10.9. The summed E-state index contributed by atoms with van der Waals surface area (Å²) in [6, 6.07) is 0. The lowest BCUT2D eigenvalue weighted by atomic mass is 9.84. The van der Waals surface area contributed by atoms with Crippen LogP contribution in [0.2, 0.25) is 0 Å². The Hall–Kier alpha value is -0.0400. The van der Waals surface area contributed by atoms with Crippen molar-refractivity contribution in [3.8, 4) is 0 Å². The highest BCUT2D eigenvalue weighted by atomic mass is 16.3. The number of hydrogen-bond acceptors (Lipinski definition) is 1. The summed E-state index contributed by atoms with van der Waals surface area (Å²) in [5.74, 6) is 1.44. The van der Waals surface area contributed by atoms with Gasteiger partial charge in [-0.2, -0.15) is 0 Å². The Bertz CT molecular complexity index is 140. The quantitative estimate of drug-likeness (QED) is 0.658. The minimum Gasteiger partial charge on any atom is -0.390 e. The molecule has 1 heteroatoms. The molecule has 0 aliphatic carbocycles. The molecule has 86 valence electrons. The highest BCUT2D eigenvalue weighted by Crippen LogP contribution is 2.26. The highest BCUT2D eigenvalue weighted by Gasteiger charge is 2.22. The molecule has 0 aromatic heterocycles. The van der Waals surface area contributed by atoms with Gasteiger partial charge in [0.25, 0.3) is 0 Å². The van der Waals surface area contributed by atoms with E-state index in [-0.39, 0.29) is 0 Å². The third-order valence-corrected chi connectivity index (χ3v) is 3.08. The van der Waals surface area contributed by atoms with E-state index in [0.29, 0.717) is 5.92 Å². The van der Waals surface area contributed by atoms with Crippen molar-refractivity contribution in [2.75, 3.05) is 0 Å². The maximum atomic E-state index is 10.1. The summed E-state index contributed by atoms with van der Waals surface area (Å²) in [5, 5.41) is 10.1. The smallest absolute Gasteiger partial charge is 0.0622 e. The molecule has 1 N–H and O–H groups in total. The van der Waals surface area contributed by atoms with Crippen molar-refractivity contribution >= 4 is 0 Å². The third kappa shape index (κ3) is 6.42. The van der Waals surface area contributed by atoms with Crippen LogP contribution in [0.25, 0.3) is 0 Å². The Morgan fingerprint density at radius 2 is 1.71 bits per heavy atom. The molecule has 3 atom stereocenters. The molecule has 3 unspecified atom stereocenters. The fourth-order valence-electron chi connectivity index (χ4n) is 2.33. The molecule has 0 spiro atoms. The van der Waals surface area contributed by atoms with Crippen molar-refractivity contribution in [1.29, 1.82) is 0 Å². The van der Waals surface area contributed by atoms with Crippen LogP contribution in [0, 0.1) is 11.8 Å². The molecule has 0 aliphatic rings. The summed E-state index contributed by atoms with van der Waals surface area (Å²) in [7, 11) is 0. The lowest BCUT2D eigenvalue weighted by Gasteiger charge is -2.27. The van der Waals surface area contributed by atoms with Gasteiger partial charge >= 0.3 is 0 Å². The Morgan fingerprint density at radius 1 is 1.14 bits per heavy atom. The molecule has 14 heavy (non-hydrogen) atoms. The molecular formula is C13H28O. The number of hydrogen-bond donors (Lipinski definition) is 1. The summed E-state index contributed by atoms with van der Waals surface area (Å²) in [4.78, 5) is 0. The molecule has 0 rings (SSSR count). The van der Waals surface area contributed by atoms with Crippen molar-refractivity contribution in [2.45, 2.75) is 72.3 Å². The minimum atomic E-state index is -0.443. The molecule has 0 heterocycles. The average Bonchev–Trinajstić information content (AvgIpc) is 2.02. The molecule has 1 nitrogen and oxygen atoms in total. The molecule has 0 saturated carbocycles. The first kappa shape index (κ1) is 14.0. The van der Waals surface area contributed by atoms with Crippen LogP contribution in [0.3, 0.4) is 0 Å². The van der Waals surface area contributed by atoms with Crippen LogP contribution >= 0.6 is 0 Å². The van der Waals surface area contributed by atoms with Gasteiger partial charge in [-0.25, -0.2) is 0 Å². The zero-order valence-electron chi connectivity index (χ0n) is 10.6. The molecule has 0 amide bonds. The van der Waals surface area contributed by atoms with Crippen molar-refractivity contribution in [1.82, 2.24) is 0 Å². The summed E-state index contributed by atoms with van der Waals surface area (Å²) < 4.78 is 0. The maximum Gasteiger partial charge on any atom is 0.0622 e. The Kier molecular flexibility index (Phi) is 6.43. The normalized spacial score (nSPS) is 20.1. The van der Waals surface area contributed by atoms with Crippen LogP contribution in [-0.4, -0.2) is 10.7 Å². The lowest BCUT2D eigenvalue weighted by Crippen LogP contribution is -2.27. The summed E-state index contributed by atoms with van der Waals surface area (Å²) in [6.07, 6.45) is 5.45. The third-order valence-electron chi connectivity index (χ3n) is 3.08. The first-order chi connectivity index (χ1) is 6.41. The molecule has 0 saturated heterocycles. The monoisotopic (exact) mass is 200 g/mol.